The maximum atomic E-state index is 12.1. The van der Waals surface area contributed by atoms with E-state index < -0.39 is 17.7 Å². The number of carbonyl (C=O) groups excluding carboxylic acids is 2. The molecule has 0 atom stereocenters. The summed E-state index contributed by atoms with van der Waals surface area (Å²) in [7, 11) is 0. The molecule has 0 aromatic heterocycles. The van der Waals surface area contributed by atoms with Gasteiger partial charge in [-0.1, -0.05) is 22.9 Å². The molecular formula is C16H22BrNO4. The average Bonchev–Trinajstić information content (AvgIpc) is 2.38. The Morgan fingerprint density at radius 3 is 2.36 bits per heavy atom. The number of aryl methyl sites for hydroxylation is 1. The van der Waals surface area contributed by atoms with Crippen LogP contribution in [-0.2, 0) is 15.9 Å². The van der Waals surface area contributed by atoms with Crippen LogP contribution in [0.5, 0.6) is 0 Å². The Hall–Kier alpha value is -1.56. The van der Waals surface area contributed by atoms with Gasteiger partial charge in [-0.15, -0.1) is 0 Å². The minimum Gasteiger partial charge on any atom is -0.462 e. The summed E-state index contributed by atoms with van der Waals surface area (Å²) in [6.45, 7) is 9.27. The first kappa shape index (κ1) is 18.5. The highest BCUT2D eigenvalue weighted by molar-refractivity contribution is 9.10. The molecule has 1 aromatic carbocycles. The number of anilines is 1. The first-order valence-corrected chi connectivity index (χ1v) is 7.96. The highest BCUT2D eigenvalue weighted by Crippen LogP contribution is 2.28. The van der Waals surface area contributed by atoms with Gasteiger partial charge in [0.15, 0.2) is 0 Å². The Balaban J connectivity index is 3.19. The molecule has 1 rings (SSSR count). The van der Waals surface area contributed by atoms with E-state index in [1.54, 1.807) is 33.8 Å². The summed E-state index contributed by atoms with van der Waals surface area (Å²) >= 11 is 3.37. The molecular weight excluding hydrogens is 350 g/mol. The summed E-state index contributed by atoms with van der Waals surface area (Å²) in [6.07, 6.45) is 0.0480. The SMILES string of the molecule is CCOC(=O)c1cc(Br)cc(CC)c1NC(=O)OC(C)(C)C. The minimum absolute atomic E-state index is 0.263. The number of ether oxygens (including phenoxy) is 2. The lowest BCUT2D eigenvalue weighted by Gasteiger charge is -2.21. The maximum Gasteiger partial charge on any atom is 0.412 e. The molecule has 0 heterocycles. The zero-order valence-electron chi connectivity index (χ0n) is 13.6. The molecule has 0 aliphatic rings. The van der Waals surface area contributed by atoms with Gasteiger partial charge in [0.1, 0.15) is 5.60 Å². The average molecular weight is 372 g/mol. The van der Waals surface area contributed by atoms with Crippen LogP contribution in [0, 0.1) is 0 Å². The van der Waals surface area contributed by atoms with E-state index in [1.807, 2.05) is 13.0 Å². The van der Waals surface area contributed by atoms with Gasteiger partial charge in [0.05, 0.1) is 17.9 Å². The summed E-state index contributed by atoms with van der Waals surface area (Å²) in [5.74, 6) is -0.482. The van der Waals surface area contributed by atoms with Crippen LogP contribution in [0.2, 0.25) is 0 Å². The van der Waals surface area contributed by atoms with Crippen molar-refractivity contribution in [2.24, 2.45) is 0 Å². The van der Waals surface area contributed by atoms with Gasteiger partial charge >= 0.3 is 12.1 Å². The molecule has 1 aromatic rings. The highest BCUT2D eigenvalue weighted by Gasteiger charge is 2.22. The molecule has 5 nitrogen and oxygen atoms in total. The van der Waals surface area contributed by atoms with E-state index in [0.717, 1.165) is 10.0 Å². The zero-order chi connectivity index (χ0) is 16.9. The number of benzene rings is 1. The molecule has 1 amide bonds. The summed E-state index contributed by atoms with van der Waals surface area (Å²) in [5.41, 5.74) is 0.941. The van der Waals surface area contributed by atoms with E-state index in [2.05, 4.69) is 21.2 Å². The summed E-state index contributed by atoms with van der Waals surface area (Å²) in [6, 6.07) is 3.49. The summed E-state index contributed by atoms with van der Waals surface area (Å²) < 4.78 is 11.1. The van der Waals surface area contributed by atoms with Gasteiger partial charge in [-0.3, -0.25) is 5.32 Å². The van der Waals surface area contributed by atoms with Crippen LogP contribution in [0.25, 0.3) is 0 Å². The van der Waals surface area contributed by atoms with Crippen LogP contribution < -0.4 is 5.32 Å². The van der Waals surface area contributed by atoms with Gasteiger partial charge in [0, 0.05) is 4.47 Å². The first-order valence-electron chi connectivity index (χ1n) is 7.17. The summed E-state index contributed by atoms with van der Waals surface area (Å²) in [4.78, 5) is 24.1. The van der Waals surface area contributed by atoms with Crippen molar-refractivity contribution < 1.29 is 19.1 Å². The second kappa shape index (κ2) is 7.63. The van der Waals surface area contributed by atoms with Gasteiger partial charge in [-0.2, -0.15) is 0 Å². The molecule has 0 fully saturated rings. The van der Waals surface area contributed by atoms with Gasteiger partial charge < -0.3 is 9.47 Å². The molecule has 6 heteroatoms. The second-order valence-corrected chi connectivity index (χ2v) is 6.60. The molecule has 0 spiro atoms. The van der Waals surface area contributed by atoms with Crippen molar-refractivity contribution in [2.75, 3.05) is 11.9 Å². The fourth-order valence-corrected chi connectivity index (χ4v) is 2.37. The van der Waals surface area contributed by atoms with Gasteiger partial charge in [-0.25, -0.2) is 9.59 Å². The number of hydrogen-bond acceptors (Lipinski definition) is 4. The third kappa shape index (κ3) is 5.33. The van der Waals surface area contributed by atoms with E-state index in [4.69, 9.17) is 9.47 Å². The monoisotopic (exact) mass is 371 g/mol. The Morgan fingerprint density at radius 2 is 1.86 bits per heavy atom. The fourth-order valence-electron chi connectivity index (χ4n) is 1.87. The normalized spacial score (nSPS) is 11.0. The van der Waals surface area contributed by atoms with Gasteiger partial charge in [0.2, 0.25) is 0 Å². The smallest absolute Gasteiger partial charge is 0.412 e. The number of esters is 1. The lowest BCUT2D eigenvalue weighted by atomic mass is 10.0. The first-order chi connectivity index (χ1) is 10.2. The molecule has 0 unspecified atom stereocenters. The molecule has 0 aliphatic carbocycles. The summed E-state index contributed by atoms with van der Waals surface area (Å²) in [5, 5.41) is 2.67. The number of rotatable bonds is 4. The third-order valence-electron chi connectivity index (χ3n) is 2.69. The van der Waals surface area contributed by atoms with E-state index >= 15 is 0 Å². The van der Waals surface area contributed by atoms with Crippen LogP contribution in [0.4, 0.5) is 10.5 Å². The predicted molar refractivity (Wildman–Crippen MR) is 89.3 cm³/mol. The molecule has 0 saturated heterocycles. The molecule has 122 valence electrons. The predicted octanol–water partition coefficient (Wildman–Crippen LogP) is 4.54. The van der Waals surface area contributed by atoms with Gasteiger partial charge in [0.25, 0.3) is 0 Å². The van der Waals surface area contributed by atoms with E-state index in [-0.39, 0.29) is 6.61 Å². The molecule has 0 bridgehead atoms. The van der Waals surface area contributed by atoms with Crippen LogP contribution in [-0.4, -0.2) is 24.3 Å². The van der Waals surface area contributed by atoms with Crippen molar-refractivity contribution in [3.8, 4) is 0 Å². The maximum absolute atomic E-state index is 12.1. The Labute approximate surface area is 139 Å². The highest BCUT2D eigenvalue weighted by atomic mass is 79.9. The number of hydrogen-bond donors (Lipinski definition) is 1. The largest absolute Gasteiger partial charge is 0.462 e. The molecule has 0 aliphatic heterocycles. The van der Waals surface area contributed by atoms with E-state index in [9.17, 15) is 9.59 Å². The van der Waals surface area contributed by atoms with Crippen molar-refractivity contribution in [3.05, 3.63) is 27.7 Å². The number of halogens is 1. The Kier molecular flexibility index (Phi) is 6.41. The minimum atomic E-state index is -0.615. The molecule has 0 saturated carbocycles. The van der Waals surface area contributed by atoms with Crippen molar-refractivity contribution >= 4 is 33.7 Å². The number of amides is 1. The zero-order valence-corrected chi connectivity index (χ0v) is 15.2. The van der Waals surface area contributed by atoms with Crippen molar-refractivity contribution in [3.63, 3.8) is 0 Å². The quantitative estimate of drug-likeness (QED) is 0.789. The topological polar surface area (TPSA) is 64.6 Å². The second-order valence-electron chi connectivity index (χ2n) is 5.69. The fraction of sp³-hybridized carbons (Fsp3) is 0.500. The van der Waals surface area contributed by atoms with E-state index in [1.165, 1.54) is 0 Å². The van der Waals surface area contributed by atoms with Crippen LogP contribution in [0.3, 0.4) is 0 Å². The standard InChI is InChI=1S/C16H22BrNO4/c1-6-10-8-11(17)9-12(14(19)21-7-2)13(10)18-15(20)22-16(3,4)5/h8-9H,6-7H2,1-5H3,(H,18,20). The van der Waals surface area contributed by atoms with Crippen LogP contribution in [0.1, 0.15) is 50.5 Å². The molecule has 1 N–H and O–H groups in total. The lowest BCUT2D eigenvalue weighted by molar-refractivity contribution is 0.0527. The van der Waals surface area contributed by atoms with Crippen LogP contribution >= 0.6 is 15.9 Å². The van der Waals surface area contributed by atoms with Crippen LogP contribution in [0.15, 0.2) is 16.6 Å². The lowest BCUT2D eigenvalue weighted by Crippen LogP contribution is -2.28. The number of carbonyl (C=O) groups is 2. The Morgan fingerprint density at radius 1 is 1.23 bits per heavy atom. The third-order valence-corrected chi connectivity index (χ3v) is 3.14. The number of nitrogens with one attached hydrogen (secondary N) is 1. The van der Waals surface area contributed by atoms with E-state index in [0.29, 0.717) is 17.7 Å². The molecule has 0 radical (unpaired) electrons. The Bertz CT molecular complexity index is 564. The molecule has 22 heavy (non-hydrogen) atoms. The van der Waals surface area contributed by atoms with Crippen molar-refractivity contribution in [1.82, 2.24) is 0 Å². The van der Waals surface area contributed by atoms with Crippen molar-refractivity contribution in [1.29, 1.82) is 0 Å². The van der Waals surface area contributed by atoms with Crippen molar-refractivity contribution in [2.45, 2.75) is 46.6 Å². The van der Waals surface area contributed by atoms with Gasteiger partial charge in [-0.05, 0) is 51.8 Å².